The molecule has 1 aromatic carbocycles. The number of rotatable bonds is 3. The Bertz CT molecular complexity index is 836. The van der Waals surface area contributed by atoms with Crippen LogP contribution in [0.25, 0.3) is 11.2 Å². The third-order valence-electron chi connectivity index (χ3n) is 3.88. The van der Waals surface area contributed by atoms with Crippen molar-refractivity contribution in [2.75, 3.05) is 11.6 Å². The number of hydrogen-bond donors (Lipinski definition) is 1. The quantitative estimate of drug-likeness (QED) is 0.801. The van der Waals surface area contributed by atoms with Crippen LogP contribution in [0.3, 0.4) is 0 Å². The fourth-order valence-corrected chi connectivity index (χ4v) is 2.70. The summed E-state index contributed by atoms with van der Waals surface area (Å²) in [5, 5.41) is 4.42. The summed E-state index contributed by atoms with van der Waals surface area (Å²) >= 11 is 0. The molecular weight excluding hydrogens is 276 g/mol. The van der Waals surface area contributed by atoms with Crippen molar-refractivity contribution in [3.63, 3.8) is 0 Å². The van der Waals surface area contributed by atoms with Crippen LogP contribution < -0.4 is 10.3 Å². The van der Waals surface area contributed by atoms with Crippen LogP contribution in [-0.4, -0.2) is 27.0 Å². The van der Waals surface area contributed by atoms with Crippen molar-refractivity contribution < 1.29 is 0 Å². The van der Waals surface area contributed by atoms with Gasteiger partial charge in [-0.25, -0.2) is 9.97 Å². The lowest BCUT2D eigenvalue weighted by atomic mass is 10.2. The second-order valence-corrected chi connectivity index (χ2v) is 5.22. The average Bonchev–Trinajstić information content (AvgIpc) is 3.15. The summed E-state index contributed by atoms with van der Waals surface area (Å²) in [6.07, 6.45) is 2.43. The molecule has 0 bridgehead atoms. The second-order valence-electron chi connectivity index (χ2n) is 5.22. The first-order chi connectivity index (χ1) is 10.8. The van der Waals surface area contributed by atoms with E-state index in [4.69, 9.17) is 0 Å². The molecule has 1 aliphatic heterocycles. The maximum absolute atomic E-state index is 4.62. The summed E-state index contributed by atoms with van der Waals surface area (Å²) in [6, 6.07) is 14.2. The van der Waals surface area contributed by atoms with Gasteiger partial charge in [0.25, 0.3) is 0 Å². The molecule has 22 heavy (non-hydrogen) atoms. The highest BCUT2D eigenvalue weighted by molar-refractivity contribution is 6.00. The summed E-state index contributed by atoms with van der Waals surface area (Å²) in [5.41, 5.74) is 6.00. The smallest absolute Gasteiger partial charge is 0.177 e. The minimum Gasteiger partial charge on any atom is -0.329 e. The number of amidine groups is 1. The lowest BCUT2D eigenvalue weighted by Crippen LogP contribution is -2.31. The summed E-state index contributed by atoms with van der Waals surface area (Å²) in [6.45, 7) is 0.682. The van der Waals surface area contributed by atoms with Gasteiger partial charge in [0.05, 0.1) is 11.9 Å². The molecule has 0 radical (unpaired) electrons. The Labute approximate surface area is 128 Å². The second kappa shape index (κ2) is 5.14. The molecule has 6 nitrogen and oxygen atoms in total. The zero-order chi connectivity index (χ0) is 14.9. The summed E-state index contributed by atoms with van der Waals surface area (Å²) in [5.74, 6) is 1.92. The van der Waals surface area contributed by atoms with Crippen molar-refractivity contribution in [3.05, 3.63) is 54.5 Å². The van der Waals surface area contributed by atoms with Crippen molar-refractivity contribution in [1.29, 1.82) is 0 Å². The minimum atomic E-state index is 0.661. The molecule has 3 aromatic rings. The van der Waals surface area contributed by atoms with Gasteiger partial charge in [-0.05, 0) is 24.3 Å². The molecule has 2 aromatic heterocycles. The van der Waals surface area contributed by atoms with Crippen LogP contribution >= 0.6 is 0 Å². The number of imidazole rings is 1. The van der Waals surface area contributed by atoms with Gasteiger partial charge in [0.2, 0.25) is 0 Å². The number of aryl methyl sites for hydroxylation is 1. The number of fused-ring (bicyclic) bond motifs is 1. The van der Waals surface area contributed by atoms with E-state index >= 15 is 0 Å². The van der Waals surface area contributed by atoms with E-state index in [1.54, 1.807) is 6.20 Å². The van der Waals surface area contributed by atoms with Crippen LogP contribution in [0.15, 0.2) is 53.8 Å². The number of anilines is 1. The maximum atomic E-state index is 4.62. The van der Waals surface area contributed by atoms with E-state index in [-0.39, 0.29) is 0 Å². The highest BCUT2D eigenvalue weighted by Gasteiger charge is 2.21. The SMILES string of the molecule is Cn1c(CC2=NNCN2c2ccccc2)nc2ncccc21. The van der Waals surface area contributed by atoms with E-state index in [1.165, 1.54) is 0 Å². The van der Waals surface area contributed by atoms with Crippen molar-refractivity contribution in [3.8, 4) is 0 Å². The lowest BCUT2D eigenvalue weighted by Gasteiger charge is -2.18. The summed E-state index contributed by atoms with van der Waals surface area (Å²) in [4.78, 5) is 11.1. The molecule has 0 fully saturated rings. The molecule has 110 valence electrons. The van der Waals surface area contributed by atoms with Gasteiger partial charge in [-0.2, -0.15) is 5.10 Å². The topological polar surface area (TPSA) is 58.3 Å². The largest absolute Gasteiger partial charge is 0.329 e. The molecule has 1 N–H and O–H groups in total. The van der Waals surface area contributed by atoms with Crippen molar-refractivity contribution in [2.45, 2.75) is 6.42 Å². The average molecular weight is 292 g/mol. The number of pyridine rings is 1. The van der Waals surface area contributed by atoms with Gasteiger partial charge in [-0.15, -0.1) is 0 Å². The van der Waals surface area contributed by atoms with Crippen LogP contribution in [0.2, 0.25) is 0 Å². The zero-order valence-corrected chi connectivity index (χ0v) is 12.3. The van der Waals surface area contributed by atoms with Gasteiger partial charge in [0.1, 0.15) is 18.3 Å². The third kappa shape index (κ3) is 2.09. The standard InChI is InChI=1S/C16H16N6/c1-21-13-8-5-9-17-16(13)19-14(21)10-15-20-18-11-22(15)12-6-3-2-4-7-12/h2-9,18H,10-11H2,1H3. The number of aromatic nitrogens is 3. The van der Waals surface area contributed by atoms with Gasteiger partial charge in [0.15, 0.2) is 5.65 Å². The van der Waals surface area contributed by atoms with Gasteiger partial charge in [0, 0.05) is 18.9 Å². The van der Waals surface area contributed by atoms with E-state index in [0.29, 0.717) is 13.1 Å². The molecule has 0 atom stereocenters. The first-order valence-electron chi connectivity index (χ1n) is 7.21. The molecule has 3 heterocycles. The number of para-hydroxylation sites is 1. The Morgan fingerprint density at radius 3 is 2.82 bits per heavy atom. The predicted octanol–water partition coefficient (Wildman–Crippen LogP) is 1.89. The molecule has 0 saturated heterocycles. The van der Waals surface area contributed by atoms with Crippen LogP contribution in [0.5, 0.6) is 0 Å². The molecule has 0 spiro atoms. The Kier molecular flexibility index (Phi) is 3.00. The number of hydrogen-bond acceptors (Lipinski definition) is 5. The van der Waals surface area contributed by atoms with Crippen LogP contribution in [-0.2, 0) is 13.5 Å². The molecule has 0 amide bonds. The highest BCUT2D eigenvalue weighted by atomic mass is 15.5. The van der Waals surface area contributed by atoms with Crippen molar-refractivity contribution >= 4 is 22.7 Å². The van der Waals surface area contributed by atoms with E-state index in [2.05, 4.69) is 42.1 Å². The maximum Gasteiger partial charge on any atom is 0.177 e. The molecule has 6 heteroatoms. The molecule has 0 saturated carbocycles. The Morgan fingerprint density at radius 2 is 2.00 bits per heavy atom. The molecule has 4 rings (SSSR count). The number of benzene rings is 1. The monoisotopic (exact) mass is 292 g/mol. The van der Waals surface area contributed by atoms with Crippen molar-refractivity contribution in [2.24, 2.45) is 12.1 Å². The fourth-order valence-electron chi connectivity index (χ4n) is 2.70. The normalized spacial score (nSPS) is 14.2. The predicted molar refractivity (Wildman–Crippen MR) is 86.6 cm³/mol. The van der Waals surface area contributed by atoms with Crippen LogP contribution in [0.4, 0.5) is 5.69 Å². The minimum absolute atomic E-state index is 0.661. The third-order valence-corrected chi connectivity index (χ3v) is 3.88. The highest BCUT2D eigenvalue weighted by Crippen LogP contribution is 2.19. The van der Waals surface area contributed by atoms with Gasteiger partial charge in [-0.3, -0.25) is 5.43 Å². The Morgan fingerprint density at radius 1 is 1.14 bits per heavy atom. The van der Waals surface area contributed by atoms with Crippen molar-refractivity contribution in [1.82, 2.24) is 20.0 Å². The lowest BCUT2D eigenvalue weighted by molar-refractivity contribution is 0.807. The van der Waals surface area contributed by atoms with E-state index in [0.717, 1.165) is 28.5 Å². The number of nitrogens with one attached hydrogen (secondary N) is 1. The van der Waals surface area contributed by atoms with Gasteiger partial charge >= 0.3 is 0 Å². The van der Waals surface area contributed by atoms with E-state index < -0.39 is 0 Å². The van der Waals surface area contributed by atoms with Crippen LogP contribution in [0, 0.1) is 0 Å². The molecule has 0 aliphatic carbocycles. The summed E-state index contributed by atoms with van der Waals surface area (Å²) in [7, 11) is 2.02. The number of hydrazone groups is 1. The Hall–Kier alpha value is -2.89. The number of nitrogens with zero attached hydrogens (tertiary/aromatic N) is 5. The summed E-state index contributed by atoms with van der Waals surface area (Å²) < 4.78 is 2.08. The van der Waals surface area contributed by atoms with Gasteiger partial charge in [-0.1, -0.05) is 18.2 Å². The zero-order valence-electron chi connectivity index (χ0n) is 12.3. The fraction of sp³-hybridized carbons (Fsp3) is 0.188. The first kappa shape index (κ1) is 12.8. The van der Waals surface area contributed by atoms with Crippen LogP contribution in [0.1, 0.15) is 5.82 Å². The Balaban J connectivity index is 1.66. The molecule has 1 aliphatic rings. The van der Waals surface area contributed by atoms with E-state index in [1.807, 2.05) is 37.4 Å². The van der Waals surface area contributed by atoms with E-state index in [9.17, 15) is 0 Å². The first-order valence-corrected chi connectivity index (χ1v) is 7.21. The molecule has 0 unspecified atom stereocenters. The molecular formula is C16H16N6. The van der Waals surface area contributed by atoms with Gasteiger partial charge < -0.3 is 9.47 Å².